The van der Waals surface area contributed by atoms with Gasteiger partial charge in [0.15, 0.2) is 0 Å². The van der Waals surface area contributed by atoms with Crippen LogP contribution in [0.25, 0.3) is 0 Å². The molecule has 0 aliphatic rings. The summed E-state index contributed by atoms with van der Waals surface area (Å²) in [6, 6.07) is 13.0. The first-order valence-electron chi connectivity index (χ1n) is 7.52. The molecule has 0 saturated carbocycles. The zero-order valence-corrected chi connectivity index (χ0v) is 13.5. The number of nitrogen functional groups attached to an aromatic ring is 1. The molecular weight excluding hydrogens is 292 g/mol. The summed E-state index contributed by atoms with van der Waals surface area (Å²) >= 11 is 0. The Kier molecular flexibility index (Phi) is 5.86. The lowest BCUT2D eigenvalue weighted by atomic mass is 10.2. The third-order valence-electron chi connectivity index (χ3n) is 3.43. The average Bonchev–Trinajstić information content (AvgIpc) is 2.55. The number of carbonyl (C=O) groups is 1. The van der Waals surface area contributed by atoms with Crippen molar-refractivity contribution in [1.82, 2.24) is 0 Å². The molecule has 0 saturated heterocycles. The molecule has 0 spiro atoms. The molecule has 2 rings (SSSR count). The topological polar surface area (TPSA) is 73.6 Å². The smallest absolute Gasteiger partial charge is 0.224 e. The Hall–Kier alpha value is -2.69. The molecule has 122 valence electrons. The Bertz CT molecular complexity index is 671. The second-order valence-corrected chi connectivity index (χ2v) is 5.22. The summed E-state index contributed by atoms with van der Waals surface area (Å²) in [5.41, 5.74) is 8.00. The number of para-hydroxylation sites is 1. The fraction of sp³-hybridized carbons (Fsp3) is 0.278. The Balaban J connectivity index is 1.78. The minimum atomic E-state index is -0.0988. The first-order valence-corrected chi connectivity index (χ1v) is 7.52. The maximum atomic E-state index is 12.0. The summed E-state index contributed by atoms with van der Waals surface area (Å²) in [7, 11) is 1.57. The second-order valence-electron chi connectivity index (χ2n) is 5.22. The van der Waals surface area contributed by atoms with Gasteiger partial charge in [-0.1, -0.05) is 18.2 Å². The SMILES string of the molecule is COc1ccc(N)c(NC(=O)CCCOc2ccccc2C)c1. The molecule has 5 nitrogen and oxygen atoms in total. The van der Waals surface area contributed by atoms with Gasteiger partial charge in [0, 0.05) is 12.5 Å². The van der Waals surface area contributed by atoms with Crippen molar-refractivity contribution in [1.29, 1.82) is 0 Å². The molecule has 3 N–H and O–H groups in total. The van der Waals surface area contributed by atoms with Gasteiger partial charge in [-0.3, -0.25) is 4.79 Å². The number of anilines is 2. The van der Waals surface area contributed by atoms with E-state index in [0.717, 1.165) is 11.3 Å². The van der Waals surface area contributed by atoms with Crippen LogP contribution in [-0.2, 0) is 4.79 Å². The van der Waals surface area contributed by atoms with Crippen LogP contribution in [0.1, 0.15) is 18.4 Å². The van der Waals surface area contributed by atoms with Crippen LogP contribution in [0.5, 0.6) is 11.5 Å². The summed E-state index contributed by atoms with van der Waals surface area (Å²) in [5.74, 6) is 1.40. The predicted molar refractivity (Wildman–Crippen MR) is 91.9 cm³/mol. The highest BCUT2D eigenvalue weighted by atomic mass is 16.5. The van der Waals surface area contributed by atoms with Crippen LogP contribution in [0.2, 0.25) is 0 Å². The van der Waals surface area contributed by atoms with Crippen molar-refractivity contribution in [3.63, 3.8) is 0 Å². The molecule has 0 aliphatic carbocycles. The normalized spacial score (nSPS) is 10.2. The quantitative estimate of drug-likeness (QED) is 0.607. The van der Waals surface area contributed by atoms with E-state index in [2.05, 4.69) is 5.32 Å². The van der Waals surface area contributed by atoms with E-state index in [1.165, 1.54) is 0 Å². The molecule has 0 unspecified atom stereocenters. The summed E-state index contributed by atoms with van der Waals surface area (Å²) in [6.45, 7) is 2.49. The number of rotatable bonds is 7. The number of hydrogen-bond acceptors (Lipinski definition) is 4. The maximum absolute atomic E-state index is 12.0. The van der Waals surface area contributed by atoms with Crippen LogP contribution < -0.4 is 20.5 Å². The Labute approximate surface area is 136 Å². The maximum Gasteiger partial charge on any atom is 0.224 e. The predicted octanol–water partition coefficient (Wildman–Crippen LogP) is 3.38. The van der Waals surface area contributed by atoms with Crippen LogP contribution in [-0.4, -0.2) is 19.6 Å². The van der Waals surface area contributed by atoms with E-state index in [4.69, 9.17) is 15.2 Å². The average molecular weight is 314 g/mol. The van der Waals surface area contributed by atoms with Gasteiger partial charge in [0.1, 0.15) is 11.5 Å². The van der Waals surface area contributed by atoms with Gasteiger partial charge < -0.3 is 20.5 Å². The fourth-order valence-corrected chi connectivity index (χ4v) is 2.12. The highest BCUT2D eigenvalue weighted by Crippen LogP contribution is 2.24. The molecule has 0 bridgehead atoms. The number of benzene rings is 2. The largest absolute Gasteiger partial charge is 0.497 e. The van der Waals surface area contributed by atoms with Crippen molar-refractivity contribution >= 4 is 17.3 Å². The Morgan fingerprint density at radius 2 is 2.00 bits per heavy atom. The van der Waals surface area contributed by atoms with E-state index in [1.54, 1.807) is 25.3 Å². The first-order chi connectivity index (χ1) is 11.1. The van der Waals surface area contributed by atoms with Crippen molar-refractivity contribution in [2.75, 3.05) is 24.8 Å². The number of nitrogens with two attached hydrogens (primary N) is 1. The molecular formula is C18H22N2O3. The van der Waals surface area contributed by atoms with Crippen LogP contribution >= 0.6 is 0 Å². The van der Waals surface area contributed by atoms with Crippen LogP contribution in [0.15, 0.2) is 42.5 Å². The summed E-state index contributed by atoms with van der Waals surface area (Å²) in [6.07, 6.45) is 0.993. The standard InChI is InChI=1S/C18H22N2O3/c1-13-6-3-4-7-17(13)23-11-5-8-18(21)20-16-12-14(22-2)9-10-15(16)19/h3-4,6-7,9-10,12H,5,8,11,19H2,1-2H3,(H,20,21). The lowest BCUT2D eigenvalue weighted by Crippen LogP contribution is -2.14. The molecule has 5 heteroatoms. The molecule has 0 fully saturated rings. The molecule has 0 atom stereocenters. The minimum absolute atomic E-state index is 0.0988. The molecule has 0 radical (unpaired) electrons. The first kappa shape index (κ1) is 16.7. The second kappa shape index (κ2) is 8.08. The summed E-state index contributed by atoms with van der Waals surface area (Å²) < 4.78 is 10.8. The van der Waals surface area contributed by atoms with Gasteiger partial charge in [0.05, 0.1) is 25.1 Å². The van der Waals surface area contributed by atoms with Gasteiger partial charge in [-0.25, -0.2) is 0 Å². The van der Waals surface area contributed by atoms with E-state index in [1.807, 2.05) is 31.2 Å². The lowest BCUT2D eigenvalue weighted by molar-refractivity contribution is -0.116. The number of aryl methyl sites for hydroxylation is 1. The van der Waals surface area contributed by atoms with Crippen molar-refractivity contribution in [2.45, 2.75) is 19.8 Å². The lowest BCUT2D eigenvalue weighted by Gasteiger charge is -2.11. The van der Waals surface area contributed by atoms with Crippen molar-refractivity contribution < 1.29 is 14.3 Å². The number of amides is 1. The van der Waals surface area contributed by atoms with Crippen molar-refractivity contribution in [3.8, 4) is 11.5 Å². The number of hydrogen-bond donors (Lipinski definition) is 2. The van der Waals surface area contributed by atoms with Gasteiger partial charge in [0.2, 0.25) is 5.91 Å². The Morgan fingerprint density at radius 1 is 1.22 bits per heavy atom. The molecule has 0 aliphatic heterocycles. The van der Waals surface area contributed by atoms with E-state index in [0.29, 0.717) is 36.6 Å². The van der Waals surface area contributed by atoms with Gasteiger partial charge in [-0.05, 0) is 37.1 Å². The molecule has 23 heavy (non-hydrogen) atoms. The molecule has 2 aromatic carbocycles. The molecule has 2 aromatic rings. The van der Waals surface area contributed by atoms with Crippen molar-refractivity contribution in [2.24, 2.45) is 0 Å². The number of methoxy groups -OCH3 is 1. The number of nitrogens with one attached hydrogen (secondary N) is 1. The van der Waals surface area contributed by atoms with E-state index in [-0.39, 0.29) is 5.91 Å². The highest BCUT2D eigenvalue weighted by molar-refractivity contribution is 5.94. The van der Waals surface area contributed by atoms with Gasteiger partial charge >= 0.3 is 0 Å². The Morgan fingerprint density at radius 3 is 2.74 bits per heavy atom. The minimum Gasteiger partial charge on any atom is -0.497 e. The van der Waals surface area contributed by atoms with E-state index >= 15 is 0 Å². The van der Waals surface area contributed by atoms with Gasteiger partial charge in [0.25, 0.3) is 0 Å². The van der Waals surface area contributed by atoms with E-state index < -0.39 is 0 Å². The van der Waals surface area contributed by atoms with Crippen LogP contribution in [0, 0.1) is 6.92 Å². The summed E-state index contributed by atoms with van der Waals surface area (Å²) in [5, 5.41) is 2.80. The molecule has 0 heterocycles. The zero-order valence-electron chi connectivity index (χ0n) is 13.5. The monoisotopic (exact) mass is 314 g/mol. The van der Waals surface area contributed by atoms with Crippen LogP contribution in [0.4, 0.5) is 11.4 Å². The molecule has 1 amide bonds. The number of ether oxygens (including phenoxy) is 2. The van der Waals surface area contributed by atoms with Crippen LogP contribution in [0.3, 0.4) is 0 Å². The van der Waals surface area contributed by atoms with Crippen molar-refractivity contribution in [3.05, 3.63) is 48.0 Å². The third-order valence-corrected chi connectivity index (χ3v) is 3.43. The van der Waals surface area contributed by atoms with Gasteiger partial charge in [-0.2, -0.15) is 0 Å². The zero-order chi connectivity index (χ0) is 16.7. The highest BCUT2D eigenvalue weighted by Gasteiger charge is 2.07. The third kappa shape index (κ3) is 4.92. The fourth-order valence-electron chi connectivity index (χ4n) is 2.12. The number of carbonyl (C=O) groups excluding carboxylic acids is 1. The van der Waals surface area contributed by atoms with Gasteiger partial charge in [-0.15, -0.1) is 0 Å². The summed E-state index contributed by atoms with van der Waals surface area (Å²) in [4.78, 5) is 12.0. The van der Waals surface area contributed by atoms with E-state index in [9.17, 15) is 4.79 Å². The molecule has 0 aromatic heterocycles.